The fourth-order valence-corrected chi connectivity index (χ4v) is 3.67. The monoisotopic (exact) mass is 552 g/mol. The third-order valence-electron chi connectivity index (χ3n) is 5.45. The van der Waals surface area contributed by atoms with Crippen LogP contribution in [0.1, 0.15) is 15.9 Å². The van der Waals surface area contributed by atoms with Gasteiger partial charge in [-0.25, -0.2) is 4.57 Å². The first-order valence-corrected chi connectivity index (χ1v) is 11.2. The van der Waals surface area contributed by atoms with Gasteiger partial charge in [0.25, 0.3) is 0 Å². The van der Waals surface area contributed by atoms with Gasteiger partial charge in [-0.3, -0.25) is 4.79 Å². The molecule has 6 nitrogen and oxygen atoms in total. The second-order valence-electron chi connectivity index (χ2n) is 7.98. The Labute approximate surface area is 220 Å². The first kappa shape index (κ1) is 26.2. The predicted molar refractivity (Wildman–Crippen MR) is 136 cm³/mol. The summed E-state index contributed by atoms with van der Waals surface area (Å²) in [5.41, 5.74) is 3.61. The van der Waals surface area contributed by atoms with Crippen LogP contribution in [0, 0.1) is 0 Å². The molecular weight excluding hydrogens is 528 g/mol. The van der Waals surface area contributed by atoms with Crippen LogP contribution in [-0.2, 0) is 6.54 Å². The van der Waals surface area contributed by atoms with E-state index in [0.29, 0.717) is 10.6 Å². The Morgan fingerprint density at radius 2 is 1.69 bits per heavy atom. The standard InChI is InChI=1S/C27H26ClN4O2.BrH/c1-30(2)24-12-4-20(5-13-24)18-29-32-17-16-31(19-26(33)21-6-10-23(28)11-7-21)27(32)22-8-14-25(34-3)15-9-22;/h4-18H,19H2,1-3H3;1H/q+1;/p-1/b29-18+;. The van der Waals surface area contributed by atoms with Crippen LogP contribution in [0.15, 0.2) is 90.3 Å². The summed E-state index contributed by atoms with van der Waals surface area (Å²) in [6.45, 7) is 0.170. The van der Waals surface area contributed by atoms with Crippen molar-refractivity contribution in [1.82, 2.24) is 4.68 Å². The molecule has 0 radical (unpaired) electrons. The Hall–Kier alpha value is -3.42. The quantitative estimate of drug-likeness (QED) is 0.190. The normalized spacial score (nSPS) is 10.7. The molecule has 3 aromatic carbocycles. The number of methoxy groups -OCH3 is 1. The number of carbonyl (C=O) groups excluding carboxylic acids is 1. The first-order chi connectivity index (χ1) is 16.4. The van der Waals surface area contributed by atoms with Crippen LogP contribution in [0.5, 0.6) is 5.75 Å². The van der Waals surface area contributed by atoms with Crippen molar-refractivity contribution in [2.45, 2.75) is 6.54 Å². The van der Waals surface area contributed by atoms with Gasteiger partial charge in [0.05, 0.1) is 18.9 Å². The van der Waals surface area contributed by atoms with Crippen LogP contribution < -0.4 is 31.2 Å². The highest BCUT2D eigenvalue weighted by Gasteiger charge is 2.22. The molecular formula is C27H26BrClN4O2. The minimum atomic E-state index is -0.0163. The molecule has 35 heavy (non-hydrogen) atoms. The molecule has 0 spiro atoms. The van der Waals surface area contributed by atoms with Crippen molar-refractivity contribution in [2.75, 3.05) is 26.1 Å². The van der Waals surface area contributed by atoms with Crippen molar-refractivity contribution in [2.24, 2.45) is 5.10 Å². The number of nitrogens with zero attached hydrogens (tertiary/aromatic N) is 4. The minimum Gasteiger partial charge on any atom is -1.00 e. The zero-order valence-electron chi connectivity index (χ0n) is 19.7. The molecule has 1 aromatic heterocycles. The topological polar surface area (TPSA) is 50.7 Å². The molecule has 1 heterocycles. The molecule has 4 rings (SSSR count). The Balaban J connectivity index is 0.00000342. The van der Waals surface area contributed by atoms with Crippen LogP contribution in [0.2, 0.25) is 5.02 Å². The van der Waals surface area contributed by atoms with Gasteiger partial charge >= 0.3 is 5.82 Å². The van der Waals surface area contributed by atoms with Gasteiger partial charge in [-0.2, -0.15) is 0 Å². The number of imidazole rings is 1. The smallest absolute Gasteiger partial charge is 0.314 e. The molecule has 0 fully saturated rings. The molecule has 0 atom stereocenters. The van der Waals surface area contributed by atoms with E-state index in [1.807, 2.05) is 79.6 Å². The lowest BCUT2D eigenvalue weighted by atomic mass is 10.1. The van der Waals surface area contributed by atoms with Crippen LogP contribution in [0.25, 0.3) is 11.4 Å². The van der Waals surface area contributed by atoms with E-state index in [-0.39, 0.29) is 29.3 Å². The summed E-state index contributed by atoms with van der Waals surface area (Å²) < 4.78 is 8.97. The van der Waals surface area contributed by atoms with E-state index in [1.54, 1.807) is 42.3 Å². The van der Waals surface area contributed by atoms with Crippen LogP contribution >= 0.6 is 11.6 Å². The van der Waals surface area contributed by atoms with Crippen molar-refractivity contribution in [3.8, 4) is 17.1 Å². The van der Waals surface area contributed by atoms with Gasteiger partial charge in [-0.1, -0.05) is 28.8 Å². The van der Waals surface area contributed by atoms with Crippen LogP contribution in [-0.4, -0.2) is 37.9 Å². The highest BCUT2D eigenvalue weighted by molar-refractivity contribution is 6.30. The van der Waals surface area contributed by atoms with Crippen molar-refractivity contribution in [3.63, 3.8) is 0 Å². The number of benzene rings is 3. The number of hydrogen-bond donors (Lipinski definition) is 0. The van der Waals surface area contributed by atoms with Gasteiger partial charge in [-0.15, -0.1) is 4.68 Å². The summed E-state index contributed by atoms with van der Waals surface area (Å²) in [6.07, 6.45) is 5.51. The number of anilines is 1. The third kappa shape index (κ3) is 6.38. The van der Waals surface area contributed by atoms with Gasteiger partial charge in [0.15, 0.2) is 12.7 Å². The summed E-state index contributed by atoms with van der Waals surface area (Å²) in [6, 6.07) is 22.8. The lowest BCUT2D eigenvalue weighted by Crippen LogP contribution is -3.00. The van der Waals surface area contributed by atoms with Crippen molar-refractivity contribution >= 4 is 29.3 Å². The molecule has 0 unspecified atom stereocenters. The SMILES string of the molecule is COc1ccc(-c2n(/N=C/c3ccc(N(C)C)cc3)cc[n+]2CC(=O)c2ccc(Cl)cc2)cc1.[Br-]. The highest BCUT2D eigenvalue weighted by atomic mass is 79.9. The molecule has 0 aliphatic carbocycles. The maximum absolute atomic E-state index is 12.9. The molecule has 0 saturated heterocycles. The predicted octanol–water partition coefficient (Wildman–Crippen LogP) is 1.94. The molecule has 180 valence electrons. The number of carbonyl (C=O) groups is 1. The maximum atomic E-state index is 12.9. The van der Waals surface area contributed by atoms with Gasteiger partial charge in [0.2, 0.25) is 5.78 Å². The molecule has 0 saturated carbocycles. The molecule has 0 bridgehead atoms. The van der Waals surface area contributed by atoms with E-state index < -0.39 is 0 Å². The summed E-state index contributed by atoms with van der Waals surface area (Å²) in [5, 5.41) is 5.28. The zero-order chi connectivity index (χ0) is 24.1. The molecule has 0 amide bonds. The highest BCUT2D eigenvalue weighted by Crippen LogP contribution is 2.21. The van der Waals surface area contributed by atoms with Crippen LogP contribution in [0.4, 0.5) is 5.69 Å². The second kappa shape index (κ2) is 11.8. The lowest BCUT2D eigenvalue weighted by Gasteiger charge is -2.11. The van der Waals surface area contributed by atoms with E-state index in [9.17, 15) is 4.79 Å². The average Bonchev–Trinajstić information content (AvgIpc) is 3.25. The number of aromatic nitrogens is 2. The third-order valence-corrected chi connectivity index (χ3v) is 5.70. The number of rotatable bonds is 8. The average molecular weight is 554 g/mol. The minimum absolute atomic E-state index is 0. The summed E-state index contributed by atoms with van der Waals surface area (Å²) in [5.74, 6) is 1.53. The molecule has 0 aliphatic rings. The van der Waals surface area contributed by atoms with Crippen molar-refractivity contribution in [3.05, 3.63) is 101 Å². The fraction of sp³-hybridized carbons (Fsp3) is 0.148. The van der Waals surface area contributed by atoms with E-state index in [1.165, 1.54) is 0 Å². The number of halogens is 2. The fourth-order valence-electron chi connectivity index (χ4n) is 3.54. The van der Waals surface area contributed by atoms with Crippen LogP contribution in [0.3, 0.4) is 0 Å². The Morgan fingerprint density at radius 3 is 2.29 bits per heavy atom. The van der Waals surface area contributed by atoms with Gasteiger partial charge in [-0.05, 0) is 66.2 Å². The zero-order valence-corrected chi connectivity index (χ0v) is 22.1. The van der Waals surface area contributed by atoms with Crippen molar-refractivity contribution < 1.29 is 31.1 Å². The Morgan fingerprint density at radius 1 is 1.03 bits per heavy atom. The Kier molecular flexibility index (Phi) is 8.84. The van der Waals surface area contributed by atoms with Gasteiger partial charge in [0, 0.05) is 30.4 Å². The summed E-state index contributed by atoms with van der Waals surface area (Å²) >= 11 is 5.97. The summed E-state index contributed by atoms with van der Waals surface area (Å²) in [7, 11) is 5.65. The largest absolute Gasteiger partial charge is 1.00 e. The van der Waals surface area contributed by atoms with E-state index in [4.69, 9.17) is 16.3 Å². The van der Waals surface area contributed by atoms with E-state index >= 15 is 0 Å². The lowest BCUT2D eigenvalue weighted by molar-refractivity contribution is -0.671. The number of hydrogen-bond acceptors (Lipinski definition) is 4. The summed E-state index contributed by atoms with van der Waals surface area (Å²) in [4.78, 5) is 15.0. The Bertz CT molecular complexity index is 1300. The van der Waals surface area contributed by atoms with E-state index in [0.717, 1.165) is 28.4 Å². The van der Waals surface area contributed by atoms with Gasteiger partial charge in [0.1, 0.15) is 11.9 Å². The van der Waals surface area contributed by atoms with Gasteiger partial charge < -0.3 is 26.6 Å². The number of ketones is 1. The maximum Gasteiger partial charge on any atom is 0.314 e. The second-order valence-corrected chi connectivity index (χ2v) is 8.42. The molecule has 0 N–H and O–H groups in total. The number of Topliss-reactive ketones (excluding diaryl/α,β-unsaturated/α-hetero) is 1. The van der Waals surface area contributed by atoms with E-state index in [2.05, 4.69) is 10.0 Å². The first-order valence-electron chi connectivity index (χ1n) is 10.8. The molecule has 0 aliphatic heterocycles. The number of ether oxygens (including phenoxy) is 1. The van der Waals surface area contributed by atoms with Crippen molar-refractivity contribution in [1.29, 1.82) is 0 Å². The molecule has 4 aromatic rings. The molecule has 8 heteroatoms.